The number of amides is 1. The van der Waals surface area contributed by atoms with Gasteiger partial charge in [0, 0.05) is 11.8 Å². The van der Waals surface area contributed by atoms with Gasteiger partial charge in [-0.25, -0.2) is 9.48 Å². The minimum atomic E-state index is -0.695. The lowest BCUT2D eigenvalue weighted by molar-refractivity contribution is -0.141. The summed E-state index contributed by atoms with van der Waals surface area (Å²) in [7, 11) is 1.21. The minimum absolute atomic E-state index is 0.223. The molecule has 1 heterocycles. The molecular weight excluding hydrogens is 374 g/mol. The molecule has 3 aromatic rings. The molecule has 0 spiro atoms. The molecule has 0 radical (unpaired) electrons. The van der Waals surface area contributed by atoms with Crippen LogP contribution in [0.2, 0.25) is 0 Å². The Morgan fingerprint density at radius 2 is 1.66 bits per heavy atom. The second-order valence-electron chi connectivity index (χ2n) is 5.97. The number of rotatable bonds is 7. The highest BCUT2D eigenvalue weighted by molar-refractivity contribution is 5.97. The molecule has 0 unspecified atom stereocenters. The standard InChI is InChI=1S/C21H19N3O5/c1-28-19(26)12-22-18(25)14-29-21(27)17-13-24(16-10-6-3-7-11-16)23-20(17)15-8-4-2-5-9-15/h2-11,13H,12,14H2,1H3,(H,22,25). The van der Waals surface area contributed by atoms with Crippen LogP contribution in [0, 0.1) is 0 Å². The van der Waals surface area contributed by atoms with E-state index in [1.807, 2.05) is 60.7 Å². The molecule has 0 bridgehead atoms. The normalized spacial score (nSPS) is 10.2. The van der Waals surface area contributed by atoms with Crippen LogP contribution in [0.15, 0.2) is 66.9 Å². The minimum Gasteiger partial charge on any atom is -0.468 e. The lowest BCUT2D eigenvalue weighted by atomic mass is 10.1. The quantitative estimate of drug-likeness (QED) is 0.616. The zero-order valence-electron chi connectivity index (χ0n) is 15.7. The lowest BCUT2D eigenvalue weighted by Gasteiger charge is -2.06. The van der Waals surface area contributed by atoms with Crippen molar-refractivity contribution in [3.8, 4) is 16.9 Å². The van der Waals surface area contributed by atoms with Crippen LogP contribution in [0.4, 0.5) is 0 Å². The summed E-state index contributed by atoms with van der Waals surface area (Å²) < 4.78 is 11.1. The van der Waals surface area contributed by atoms with E-state index in [4.69, 9.17) is 4.74 Å². The number of hydrogen-bond donors (Lipinski definition) is 1. The van der Waals surface area contributed by atoms with Crippen molar-refractivity contribution < 1.29 is 23.9 Å². The Hall–Kier alpha value is -3.94. The smallest absolute Gasteiger partial charge is 0.342 e. The molecule has 0 aliphatic rings. The molecule has 1 aromatic heterocycles. The first-order valence-electron chi connectivity index (χ1n) is 8.79. The molecule has 0 atom stereocenters. The van der Waals surface area contributed by atoms with Crippen molar-refractivity contribution in [1.82, 2.24) is 15.1 Å². The highest BCUT2D eigenvalue weighted by Gasteiger charge is 2.21. The molecule has 1 amide bonds. The molecule has 0 aliphatic carbocycles. The monoisotopic (exact) mass is 393 g/mol. The summed E-state index contributed by atoms with van der Waals surface area (Å²) in [5.74, 6) is -1.90. The summed E-state index contributed by atoms with van der Waals surface area (Å²) in [5, 5.41) is 6.83. The second-order valence-corrected chi connectivity index (χ2v) is 5.97. The molecule has 8 nitrogen and oxygen atoms in total. The van der Waals surface area contributed by atoms with E-state index in [9.17, 15) is 14.4 Å². The van der Waals surface area contributed by atoms with Crippen LogP contribution in [0.25, 0.3) is 16.9 Å². The predicted molar refractivity (Wildman–Crippen MR) is 104 cm³/mol. The van der Waals surface area contributed by atoms with Gasteiger partial charge in [-0.2, -0.15) is 5.10 Å². The molecule has 3 rings (SSSR count). The zero-order chi connectivity index (χ0) is 20.6. The SMILES string of the molecule is COC(=O)CNC(=O)COC(=O)c1cn(-c2ccccc2)nc1-c1ccccc1. The number of nitrogens with zero attached hydrogens (tertiary/aromatic N) is 2. The van der Waals surface area contributed by atoms with Gasteiger partial charge in [-0.1, -0.05) is 48.5 Å². The topological polar surface area (TPSA) is 99.5 Å². The maximum atomic E-state index is 12.6. The van der Waals surface area contributed by atoms with Gasteiger partial charge in [0.2, 0.25) is 0 Å². The van der Waals surface area contributed by atoms with E-state index < -0.39 is 24.5 Å². The molecule has 2 aromatic carbocycles. The number of ether oxygens (including phenoxy) is 2. The third-order valence-electron chi connectivity index (χ3n) is 3.99. The van der Waals surface area contributed by atoms with E-state index in [-0.39, 0.29) is 12.1 Å². The molecule has 0 fully saturated rings. The molecule has 0 aliphatic heterocycles. The van der Waals surface area contributed by atoms with Gasteiger partial charge in [0.15, 0.2) is 6.61 Å². The average molecular weight is 393 g/mol. The number of methoxy groups -OCH3 is 1. The largest absolute Gasteiger partial charge is 0.468 e. The van der Waals surface area contributed by atoms with Crippen LogP contribution in [0.3, 0.4) is 0 Å². The number of carbonyl (C=O) groups excluding carboxylic acids is 3. The number of hydrogen-bond acceptors (Lipinski definition) is 6. The van der Waals surface area contributed by atoms with Crippen molar-refractivity contribution in [1.29, 1.82) is 0 Å². The molecule has 8 heteroatoms. The van der Waals surface area contributed by atoms with Crippen molar-refractivity contribution in [3.05, 3.63) is 72.4 Å². The van der Waals surface area contributed by atoms with Gasteiger partial charge in [-0.15, -0.1) is 0 Å². The van der Waals surface area contributed by atoms with Crippen molar-refractivity contribution in [2.24, 2.45) is 0 Å². The van der Waals surface area contributed by atoms with E-state index in [1.54, 1.807) is 10.9 Å². The maximum Gasteiger partial charge on any atom is 0.342 e. The number of aromatic nitrogens is 2. The van der Waals surface area contributed by atoms with Gasteiger partial charge in [0.1, 0.15) is 17.8 Å². The summed E-state index contributed by atoms with van der Waals surface area (Å²) in [6.07, 6.45) is 1.56. The zero-order valence-corrected chi connectivity index (χ0v) is 15.7. The van der Waals surface area contributed by atoms with E-state index >= 15 is 0 Å². The van der Waals surface area contributed by atoms with Crippen molar-refractivity contribution in [2.75, 3.05) is 20.3 Å². The van der Waals surface area contributed by atoms with Crippen LogP contribution in [0.5, 0.6) is 0 Å². The van der Waals surface area contributed by atoms with Gasteiger partial charge in [0.25, 0.3) is 5.91 Å². The van der Waals surface area contributed by atoms with Crippen LogP contribution in [0.1, 0.15) is 10.4 Å². The van der Waals surface area contributed by atoms with Gasteiger partial charge in [-0.05, 0) is 12.1 Å². The fraction of sp³-hybridized carbons (Fsp3) is 0.143. The summed E-state index contributed by atoms with van der Waals surface area (Å²) in [6, 6.07) is 18.5. The molecular formula is C21H19N3O5. The summed E-state index contributed by atoms with van der Waals surface area (Å²) in [4.78, 5) is 35.5. The summed E-state index contributed by atoms with van der Waals surface area (Å²) in [5.41, 5.74) is 2.18. The predicted octanol–water partition coefficient (Wildman–Crippen LogP) is 1.99. The van der Waals surface area contributed by atoms with Gasteiger partial charge in [-0.3, -0.25) is 9.59 Å². The van der Waals surface area contributed by atoms with Crippen LogP contribution in [-0.2, 0) is 19.1 Å². The van der Waals surface area contributed by atoms with Gasteiger partial charge in [0.05, 0.1) is 12.8 Å². The molecule has 0 saturated carbocycles. The lowest BCUT2D eigenvalue weighted by Crippen LogP contribution is -2.33. The van der Waals surface area contributed by atoms with E-state index in [2.05, 4.69) is 15.2 Å². The number of nitrogens with one attached hydrogen (secondary N) is 1. The Kier molecular flexibility index (Phi) is 6.36. The van der Waals surface area contributed by atoms with Gasteiger partial charge < -0.3 is 14.8 Å². The highest BCUT2D eigenvalue weighted by Crippen LogP contribution is 2.24. The van der Waals surface area contributed by atoms with E-state index in [0.29, 0.717) is 5.69 Å². The average Bonchev–Trinajstić information content (AvgIpc) is 3.22. The molecule has 148 valence electrons. The second kappa shape index (κ2) is 9.32. The fourth-order valence-corrected chi connectivity index (χ4v) is 2.55. The van der Waals surface area contributed by atoms with E-state index in [0.717, 1.165) is 11.3 Å². The van der Waals surface area contributed by atoms with E-state index in [1.165, 1.54) is 7.11 Å². The third-order valence-corrected chi connectivity index (χ3v) is 3.99. The Labute approximate surface area is 167 Å². The molecule has 0 saturated heterocycles. The van der Waals surface area contributed by atoms with Crippen LogP contribution < -0.4 is 5.32 Å². The van der Waals surface area contributed by atoms with Crippen LogP contribution >= 0.6 is 0 Å². The number of carbonyl (C=O) groups is 3. The van der Waals surface area contributed by atoms with Crippen molar-refractivity contribution in [3.63, 3.8) is 0 Å². The Morgan fingerprint density at radius 1 is 1.00 bits per heavy atom. The maximum absolute atomic E-state index is 12.6. The summed E-state index contributed by atoms with van der Waals surface area (Å²) >= 11 is 0. The first-order valence-corrected chi connectivity index (χ1v) is 8.79. The van der Waals surface area contributed by atoms with Crippen LogP contribution in [-0.4, -0.2) is 47.9 Å². The fourth-order valence-electron chi connectivity index (χ4n) is 2.55. The van der Waals surface area contributed by atoms with Crippen molar-refractivity contribution >= 4 is 17.8 Å². The number of benzene rings is 2. The Morgan fingerprint density at radius 3 is 2.31 bits per heavy atom. The first kappa shape index (κ1) is 19.8. The first-order chi connectivity index (χ1) is 14.1. The molecule has 29 heavy (non-hydrogen) atoms. The molecule has 1 N–H and O–H groups in total. The Bertz CT molecular complexity index is 1000. The summed E-state index contributed by atoms with van der Waals surface area (Å²) in [6.45, 7) is -0.825. The highest BCUT2D eigenvalue weighted by atomic mass is 16.5. The number of para-hydroxylation sites is 1. The number of esters is 2. The Balaban J connectivity index is 1.80. The third kappa shape index (κ3) is 5.07. The van der Waals surface area contributed by atoms with Gasteiger partial charge >= 0.3 is 11.9 Å². The van der Waals surface area contributed by atoms with Crippen molar-refractivity contribution in [2.45, 2.75) is 0 Å².